The maximum atomic E-state index is 11.1. The number of pyridine rings is 1. The van der Waals surface area contributed by atoms with Crippen LogP contribution in [-0.2, 0) is 10.8 Å². The van der Waals surface area contributed by atoms with Crippen LogP contribution in [0.5, 0.6) is 0 Å². The number of rotatable bonds is 5. The molecule has 0 radical (unpaired) electrons. The first-order valence-corrected chi connectivity index (χ1v) is 6.68. The second-order valence-electron chi connectivity index (χ2n) is 3.57. The number of hydrogen-bond acceptors (Lipinski definition) is 4. The zero-order chi connectivity index (χ0) is 12.0. The van der Waals surface area contributed by atoms with Crippen LogP contribution in [0.15, 0.2) is 18.3 Å². The van der Waals surface area contributed by atoms with Gasteiger partial charge in [0.25, 0.3) is 0 Å². The Balaban J connectivity index is 2.38. The predicted molar refractivity (Wildman–Crippen MR) is 65.6 cm³/mol. The summed E-state index contributed by atoms with van der Waals surface area (Å²) in [5.41, 5.74) is 0.550. The molecule has 0 aliphatic rings. The van der Waals surface area contributed by atoms with Crippen LogP contribution in [0.4, 0.5) is 5.82 Å². The van der Waals surface area contributed by atoms with Crippen molar-refractivity contribution in [2.75, 3.05) is 18.1 Å². The molecular weight excluding hydrogens is 222 g/mol. The standard InChI is InChI=1S/C11H15N3OS/c1-9(16(2)15)5-6-13-11-4-3-10(7-12)8-14-11/h3-4,8-9H,5-6H2,1-2H3,(H,13,14). The molecule has 1 N–H and O–H groups in total. The van der Waals surface area contributed by atoms with Gasteiger partial charge in [0, 0.05) is 35.0 Å². The highest BCUT2D eigenvalue weighted by Crippen LogP contribution is 2.05. The molecule has 0 amide bonds. The number of nitrogens with zero attached hydrogens (tertiary/aromatic N) is 2. The number of anilines is 1. The Morgan fingerprint density at radius 3 is 2.88 bits per heavy atom. The van der Waals surface area contributed by atoms with Crippen molar-refractivity contribution in [3.8, 4) is 6.07 Å². The molecule has 5 heteroatoms. The minimum absolute atomic E-state index is 0.186. The molecule has 2 atom stereocenters. The number of hydrogen-bond donors (Lipinski definition) is 1. The molecule has 0 bridgehead atoms. The molecule has 86 valence electrons. The number of aromatic nitrogens is 1. The maximum Gasteiger partial charge on any atom is 0.125 e. The third-order valence-electron chi connectivity index (χ3n) is 2.32. The van der Waals surface area contributed by atoms with E-state index in [1.165, 1.54) is 6.20 Å². The zero-order valence-electron chi connectivity index (χ0n) is 9.43. The molecule has 1 aromatic rings. The van der Waals surface area contributed by atoms with E-state index in [0.29, 0.717) is 5.56 Å². The van der Waals surface area contributed by atoms with E-state index in [1.54, 1.807) is 18.4 Å². The van der Waals surface area contributed by atoms with Gasteiger partial charge in [-0.15, -0.1) is 0 Å². The third kappa shape index (κ3) is 3.99. The van der Waals surface area contributed by atoms with Crippen LogP contribution < -0.4 is 5.32 Å². The van der Waals surface area contributed by atoms with Crippen molar-refractivity contribution in [3.63, 3.8) is 0 Å². The van der Waals surface area contributed by atoms with Crippen molar-refractivity contribution in [2.24, 2.45) is 0 Å². The van der Waals surface area contributed by atoms with Crippen LogP contribution >= 0.6 is 0 Å². The number of nitriles is 1. The lowest BCUT2D eigenvalue weighted by atomic mass is 10.3. The van der Waals surface area contributed by atoms with Crippen LogP contribution in [0.1, 0.15) is 18.9 Å². The monoisotopic (exact) mass is 237 g/mol. The molecule has 1 rings (SSSR count). The fourth-order valence-electron chi connectivity index (χ4n) is 1.13. The fraction of sp³-hybridized carbons (Fsp3) is 0.455. The highest BCUT2D eigenvalue weighted by atomic mass is 32.2. The summed E-state index contributed by atoms with van der Waals surface area (Å²) in [7, 11) is -0.777. The summed E-state index contributed by atoms with van der Waals surface area (Å²) in [6.45, 7) is 2.70. The molecule has 0 aromatic carbocycles. The lowest BCUT2D eigenvalue weighted by Crippen LogP contribution is -2.15. The molecule has 4 nitrogen and oxygen atoms in total. The van der Waals surface area contributed by atoms with Crippen LogP contribution in [-0.4, -0.2) is 27.2 Å². The summed E-state index contributed by atoms with van der Waals surface area (Å²) in [5.74, 6) is 0.744. The summed E-state index contributed by atoms with van der Waals surface area (Å²) < 4.78 is 11.1. The third-order valence-corrected chi connectivity index (χ3v) is 3.69. The SMILES string of the molecule is CC(CCNc1ccc(C#N)cn1)S(C)=O. The molecule has 0 aliphatic carbocycles. The van der Waals surface area contributed by atoms with Gasteiger partial charge in [-0.2, -0.15) is 5.26 Å². The van der Waals surface area contributed by atoms with Crippen molar-refractivity contribution >= 4 is 16.6 Å². The van der Waals surface area contributed by atoms with Gasteiger partial charge >= 0.3 is 0 Å². The summed E-state index contributed by atoms with van der Waals surface area (Å²) in [6.07, 6.45) is 4.08. The topological polar surface area (TPSA) is 65.8 Å². The molecule has 2 unspecified atom stereocenters. The summed E-state index contributed by atoms with van der Waals surface area (Å²) in [5, 5.41) is 11.9. The highest BCUT2D eigenvalue weighted by molar-refractivity contribution is 7.84. The van der Waals surface area contributed by atoms with Crippen LogP contribution in [0, 0.1) is 11.3 Å². The Morgan fingerprint density at radius 1 is 1.62 bits per heavy atom. The quantitative estimate of drug-likeness (QED) is 0.843. The lowest BCUT2D eigenvalue weighted by Gasteiger charge is -2.09. The normalized spacial score (nSPS) is 13.8. The van der Waals surface area contributed by atoms with Crippen molar-refractivity contribution in [2.45, 2.75) is 18.6 Å². The lowest BCUT2D eigenvalue weighted by molar-refractivity contribution is 0.672. The molecule has 0 saturated carbocycles. The molecule has 16 heavy (non-hydrogen) atoms. The average molecular weight is 237 g/mol. The van der Waals surface area contributed by atoms with E-state index in [4.69, 9.17) is 5.26 Å². The Hall–Kier alpha value is -1.41. The minimum atomic E-state index is -0.777. The van der Waals surface area contributed by atoms with Crippen molar-refractivity contribution in [1.29, 1.82) is 5.26 Å². The largest absolute Gasteiger partial charge is 0.370 e. The van der Waals surface area contributed by atoms with Gasteiger partial charge in [-0.25, -0.2) is 4.98 Å². The van der Waals surface area contributed by atoms with E-state index in [0.717, 1.165) is 18.8 Å². The molecule has 0 aliphatic heterocycles. The summed E-state index contributed by atoms with van der Waals surface area (Å²) in [6, 6.07) is 5.50. The maximum absolute atomic E-state index is 11.1. The van der Waals surface area contributed by atoms with Gasteiger partial charge in [0.2, 0.25) is 0 Å². The Kier molecular flexibility index (Phi) is 4.93. The molecular formula is C11H15N3OS. The van der Waals surface area contributed by atoms with E-state index in [9.17, 15) is 4.21 Å². The van der Waals surface area contributed by atoms with Crippen molar-refractivity contribution in [1.82, 2.24) is 4.98 Å². The van der Waals surface area contributed by atoms with Crippen LogP contribution in [0.2, 0.25) is 0 Å². The Labute approximate surface area is 98.2 Å². The molecule has 1 aromatic heterocycles. The fourth-order valence-corrected chi connectivity index (χ4v) is 1.58. The zero-order valence-corrected chi connectivity index (χ0v) is 10.3. The summed E-state index contributed by atoms with van der Waals surface area (Å²) in [4.78, 5) is 4.08. The second-order valence-corrected chi connectivity index (χ2v) is 5.37. The number of nitrogens with one attached hydrogen (secondary N) is 1. The molecule has 1 heterocycles. The van der Waals surface area contributed by atoms with E-state index in [-0.39, 0.29) is 5.25 Å². The molecule has 0 spiro atoms. The highest BCUT2D eigenvalue weighted by Gasteiger charge is 2.05. The first-order chi connectivity index (χ1) is 7.63. The Morgan fingerprint density at radius 2 is 2.38 bits per heavy atom. The van der Waals surface area contributed by atoms with Gasteiger partial charge in [0.1, 0.15) is 11.9 Å². The Bertz CT molecular complexity index is 397. The van der Waals surface area contributed by atoms with E-state index < -0.39 is 10.8 Å². The van der Waals surface area contributed by atoms with E-state index >= 15 is 0 Å². The molecule has 0 saturated heterocycles. The predicted octanol–water partition coefficient (Wildman–Crippen LogP) is 1.52. The van der Waals surface area contributed by atoms with E-state index in [2.05, 4.69) is 10.3 Å². The van der Waals surface area contributed by atoms with Gasteiger partial charge in [-0.05, 0) is 18.6 Å². The molecule has 0 fully saturated rings. The van der Waals surface area contributed by atoms with Gasteiger partial charge < -0.3 is 5.32 Å². The average Bonchev–Trinajstić information content (AvgIpc) is 2.29. The van der Waals surface area contributed by atoms with Gasteiger partial charge in [-0.1, -0.05) is 6.92 Å². The smallest absolute Gasteiger partial charge is 0.125 e. The van der Waals surface area contributed by atoms with Gasteiger partial charge in [0.15, 0.2) is 0 Å². The van der Waals surface area contributed by atoms with E-state index in [1.807, 2.05) is 13.0 Å². The van der Waals surface area contributed by atoms with Crippen LogP contribution in [0.25, 0.3) is 0 Å². The second kappa shape index (κ2) is 6.23. The minimum Gasteiger partial charge on any atom is -0.370 e. The first kappa shape index (κ1) is 12.7. The van der Waals surface area contributed by atoms with Crippen molar-refractivity contribution < 1.29 is 4.21 Å². The van der Waals surface area contributed by atoms with Crippen molar-refractivity contribution in [3.05, 3.63) is 23.9 Å². The van der Waals surface area contributed by atoms with Gasteiger partial charge in [-0.3, -0.25) is 4.21 Å². The first-order valence-electron chi connectivity index (χ1n) is 5.05. The van der Waals surface area contributed by atoms with Crippen LogP contribution in [0.3, 0.4) is 0 Å². The van der Waals surface area contributed by atoms with Gasteiger partial charge in [0.05, 0.1) is 5.56 Å². The summed E-state index contributed by atoms with van der Waals surface area (Å²) >= 11 is 0.